The van der Waals surface area contributed by atoms with E-state index < -0.39 is 0 Å². The second-order valence-corrected chi connectivity index (χ2v) is 9.56. The number of nitrogens with zero attached hydrogens (tertiary/aromatic N) is 6. The summed E-state index contributed by atoms with van der Waals surface area (Å²) in [5, 5.41) is 3.25. The van der Waals surface area contributed by atoms with Gasteiger partial charge in [-0.2, -0.15) is 0 Å². The van der Waals surface area contributed by atoms with Gasteiger partial charge in [-0.25, -0.2) is 19.9 Å². The number of nitrogens with one attached hydrogen (secondary N) is 1. The van der Waals surface area contributed by atoms with Crippen molar-refractivity contribution in [3.05, 3.63) is 60.2 Å². The van der Waals surface area contributed by atoms with Crippen LogP contribution in [0.3, 0.4) is 0 Å². The number of piperazine rings is 1. The number of aryl methyl sites for hydroxylation is 2. The Balaban J connectivity index is 1.37. The van der Waals surface area contributed by atoms with Crippen LogP contribution in [0.4, 0.5) is 17.5 Å². The molecule has 0 unspecified atom stereocenters. The van der Waals surface area contributed by atoms with Gasteiger partial charge < -0.3 is 24.3 Å². The molecule has 10 nitrogen and oxygen atoms in total. The molecule has 1 amide bonds. The van der Waals surface area contributed by atoms with Crippen molar-refractivity contribution in [3.8, 4) is 28.5 Å². The summed E-state index contributed by atoms with van der Waals surface area (Å²) >= 11 is 0. The Bertz CT molecular complexity index is 1440. The third-order valence-corrected chi connectivity index (χ3v) is 6.64. The van der Waals surface area contributed by atoms with Gasteiger partial charge in [0.15, 0.2) is 11.7 Å². The van der Waals surface area contributed by atoms with Crippen LogP contribution in [0.2, 0.25) is 0 Å². The summed E-state index contributed by atoms with van der Waals surface area (Å²) in [7, 11) is 1.66. The van der Waals surface area contributed by atoms with Gasteiger partial charge in [-0.3, -0.25) is 4.79 Å². The van der Waals surface area contributed by atoms with Crippen LogP contribution in [0.25, 0.3) is 22.7 Å². The molecule has 202 valence electrons. The Kier molecular flexibility index (Phi) is 7.72. The smallest absolute Gasteiger partial charge is 0.227 e. The molecular formula is C29H33N7O3. The summed E-state index contributed by atoms with van der Waals surface area (Å²) in [6.07, 6.45) is 5.11. The summed E-state index contributed by atoms with van der Waals surface area (Å²) in [4.78, 5) is 34.2. The summed E-state index contributed by atoms with van der Waals surface area (Å²) in [6, 6.07) is 11.7. The van der Waals surface area contributed by atoms with Crippen LogP contribution >= 0.6 is 0 Å². The topological polar surface area (TPSA) is 110 Å². The first kappa shape index (κ1) is 26.1. The van der Waals surface area contributed by atoms with Gasteiger partial charge in [-0.1, -0.05) is 6.92 Å². The molecule has 5 rings (SSSR count). The molecule has 1 saturated heterocycles. The van der Waals surface area contributed by atoms with Crippen LogP contribution in [-0.4, -0.2) is 64.0 Å². The van der Waals surface area contributed by atoms with Crippen LogP contribution < -0.4 is 15.0 Å². The van der Waals surface area contributed by atoms with Gasteiger partial charge >= 0.3 is 0 Å². The van der Waals surface area contributed by atoms with E-state index >= 15 is 0 Å². The molecule has 0 radical (unpaired) electrons. The van der Waals surface area contributed by atoms with E-state index in [1.807, 2.05) is 42.2 Å². The van der Waals surface area contributed by atoms with Crippen LogP contribution in [0, 0.1) is 6.92 Å². The van der Waals surface area contributed by atoms with Gasteiger partial charge in [0.2, 0.25) is 11.9 Å². The molecule has 0 bridgehead atoms. The molecule has 1 N–H and O–H groups in total. The molecule has 0 saturated carbocycles. The number of oxazole rings is 1. The predicted molar refractivity (Wildman–Crippen MR) is 150 cm³/mol. The van der Waals surface area contributed by atoms with Gasteiger partial charge in [0, 0.05) is 51.3 Å². The van der Waals surface area contributed by atoms with Gasteiger partial charge in [0.1, 0.15) is 23.0 Å². The van der Waals surface area contributed by atoms with Crippen molar-refractivity contribution in [3.63, 3.8) is 0 Å². The summed E-state index contributed by atoms with van der Waals surface area (Å²) in [5.74, 6) is 3.44. The maximum Gasteiger partial charge on any atom is 0.227 e. The van der Waals surface area contributed by atoms with Gasteiger partial charge in [0.05, 0.1) is 19.0 Å². The van der Waals surface area contributed by atoms with Crippen molar-refractivity contribution in [2.45, 2.75) is 33.6 Å². The molecule has 1 aliphatic heterocycles. The van der Waals surface area contributed by atoms with E-state index in [0.29, 0.717) is 36.4 Å². The maximum atomic E-state index is 11.6. The molecule has 10 heteroatoms. The molecule has 0 atom stereocenters. The van der Waals surface area contributed by atoms with Crippen molar-refractivity contribution in [1.82, 2.24) is 24.8 Å². The predicted octanol–water partition coefficient (Wildman–Crippen LogP) is 4.88. The van der Waals surface area contributed by atoms with E-state index in [2.05, 4.69) is 33.2 Å². The monoisotopic (exact) mass is 527 g/mol. The fraction of sp³-hybridized carbons (Fsp3) is 0.345. The summed E-state index contributed by atoms with van der Waals surface area (Å²) in [6.45, 7) is 8.66. The molecule has 4 heterocycles. The number of pyridine rings is 1. The SMILES string of the molecule is CCCc1nc(-c2cc(C)cc(OC)c2)c(-c2ccnc(Nc3ccc(N4CCN(C(C)=O)CC4)nc3)n2)o1. The number of hydrogen-bond acceptors (Lipinski definition) is 9. The third kappa shape index (κ3) is 6.00. The van der Waals surface area contributed by atoms with Crippen LogP contribution in [0.1, 0.15) is 31.7 Å². The molecule has 1 fully saturated rings. The minimum Gasteiger partial charge on any atom is -0.497 e. The van der Waals surface area contributed by atoms with E-state index in [9.17, 15) is 4.79 Å². The lowest BCUT2D eigenvalue weighted by atomic mass is 10.1. The second-order valence-electron chi connectivity index (χ2n) is 9.56. The molecule has 4 aromatic rings. The van der Waals surface area contributed by atoms with Crippen molar-refractivity contribution < 1.29 is 13.9 Å². The highest BCUT2D eigenvalue weighted by Gasteiger charge is 2.21. The Morgan fingerprint density at radius 3 is 2.59 bits per heavy atom. The Labute approximate surface area is 228 Å². The minimum atomic E-state index is 0.113. The molecule has 1 aromatic carbocycles. The van der Waals surface area contributed by atoms with E-state index in [-0.39, 0.29) is 5.91 Å². The standard InChI is InChI=1S/C29H33N7O3/c1-5-6-26-34-27(21-15-19(2)16-23(17-21)38-4)28(39-26)24-9-10-30-29(33-24)32-22-7-8-25(31-18-22)36-13-11-35(12-14-36)20(3)37/h7-10,15-18H,5-6,11-14H2,1-4H3,(H,30,32,33). The maximum absolute atomic E-state index is 11.6. The molecule has 1 aliphatic rings. The van der Waals surface area contributed by atoms with Gasteiger partial charge in [-0.05, 0) is 55.3 Å². The fourth-order valence-corrected chi connectivity index (χ4v) is 4.63. The van der Waals surface area contributed by atoms with Crippen molar-refractivity contribution in [1.29, 1.82) is 0 Å². The number of amides is 1. The van der Waals surface area contributed by atoms with Gasteiger partial charge in [0.25, 0.3) is 0 Å². The lowest BCUT2D eigenvalue weighted by molar-refractivity contribution is -0.129. The van der Waals surface area contributed by atoms with Crippen molar-refractivity contribution in [2.24, 2.45) is 0 Å². The number of methoxy groups -OCH3 is 1. The first-order chi connectivity index (χ1) is 18.9. The van der Waals surface area contributed by atoms with Crippen molar-refractivity contribution >= 4 is 23.4 Å². The fourth-order valence-electron chi connectivity index (χ4n) is 4.63. The number of ether oxygens (including phenoxy) is 1. The normalized spacial score (nSPS) is 13.4. The quantitative estimate of drug-likeness (QED) is 0.343. The van der Waals surface area contributed by atoms with E-state index in [1.54, 1.807) is 26.4 Å². The number of carbonyl (C=O) groups excluding carboxylic acids is 1. The highest BCUT2D eigenvalue weighted by atomic mass is 16.5. The van der Waals surface area contributed by atoms with Crippen LogP contribution in [-0.2, 0) is 11.2 Å². The molecule has 0 spiro atoms. The molecule has 3 aromatic heterocycles. The number of aromatic nitrogens is 4. The first-order valence-corrected chi connectivity index (χ1v) is 13.2. The lowest BCUT2D eigenvalue weighted by Crippen LogP contribution is -2.48. The number of carbonyl (C=O) groups is 1. The summed E-state index contributed by atoms with van der Waals surface area (Å²) < 4.78 is 11.7. The van der Waals surface area contributed by atoms with Crippen LogP contribution in [0.15, 0.2) is 53.2 Å². The van der Waals surface area contributed by atoms with Crippen LogP contribution in [0.5, 0.6) is 5.75 Å². The average Bonchev–Trinajstić information content (AvgIpc) is 3.38. The van der Waals surface area contributed by atoms with E-state index in [1.165, 1.54) is 0 Å². The number of rotatable bonds is 8. The Morgan fingerprint density at radius 2 is 1.90 bits per heavy atom. The number of benzene rings is 1. The minimum absolute atomic E-state index is 0.113. The Morgan fingerprint density at radius 1 is 1.08 bits per heavy atom. The molecule has 0 aliphatic carbocycles. The van der Waals surface area contributed by atoms with Crippen molar-refractivity contribution in [2.75, 3.05) is 43.5 Å². The Hall–Kier alpha value is -4.47. The first-order valence-electron chi connectivity index (χ1n) is 13.2. The molecule has 39 heavy (non-hydrogen) atoms. The highest BCUT2D eigenvalue weighted by Crippen LogP contribution is 2.35. The zero-order valence-electron chi connectivity index (χ0n) is 22.8. The zero-order valence-corrected chi connectivity index (χ0v) is 22.8. The number of hydrogen-bond donors (Lipinski definition) is 1. The highest BCUT2D eigenvalue weighted by molar-refractivity contribution is 5.77. The van der Waals surface area contributed by atoms with E-state index in [4.69, 9.17) is 19.1 Å². The largest absolute Gasteiger partial charge is 0.497 e. The van der Waals surface area contributed by atoms with Gasteiger partial charge in [-0.15, -0.1) is 0 Å². The second kappa shape index (κ2) is 11.5. The number of anilines is 3. The average molecular weight is 528 g/mol. The zero-order chi connectivity index (χ0) is 27.4. The lowest BCUT2D eigenvalue weighted by Gasteiger charge is -2.34. The summed E-state index contributed by atoms with van der Waals surface area (Å²) in [5.41, 5.74) is 4.10. The third-order valence-electron chi connectivity index (χ3n) is 6.64. The molecular weight excluding hydrogens is 494 g/mol. The van der Waals surface area contributed by atoms with E-state index in [0.717, 1.165) is 60.0 Å².